The summed E-state index contributed by atoms with van der Waals surface area (Å²) in [7, 11) is 2.61. The van der Waals surface area contributed by atoms with E-state index in [1.807, 2.05) is 49.9 Å². The van der Waals surface area contributed by atoms with Gasteiger partial charge in [0.1, 0.15) is 23.7 Å². The van der Waals surface area contributed by atoms with Crippen LogP contribution in [0.25, 0.3) is 33.6 Å². The van der Waals surface area contributed by atoms with Crippen molar-refractivity contribution in [2.45, 2.75) is 103 Å². The fraction of sp³-hybridized carbons (Fsp3) is 0.511. The van der Waals surface area contributed by atoms with E-state index in [-0.39, 0.29) is 41.1 Å². The number of H-pyrrole nitrogens is 2. The number of hydrogen-bond acceptors (Lipinski definition) is 8. The molecular formula is C45H58N8O6. The summed E-state index contributed by atoms with van der Waals surface area (Å²) in [6.07, 6.45) is 10.6. The number of hydrogen-bond donors (Lipinski definition) is 4. The Morgan fingerprint density at radius 3 is 1.59 bits per heavy atom. The lowest BCUT2D eigenvalue weighted by molar-refractivity contribution is -0.136. The number of benzene rings is 2. The van der Waals surface area contributed by atoms with Crippen LogP contribution in [-0.4, -0.2) is 93.1 Å². The van der Waals surface area contributed by atoms with Crippen LogP contribution in [0.5, 0.6) is 0 Å². The topological polar surface area (TPSA) is 175 Å². The van der Waals surface area contributed by atoms with Gasteiger partial charge in [0.25, 0.3) is 0 Å². The van der Waals surface area contributed by atoms with Gasteiger partial charge in [-0.3, -0.25) is 9.59 Å². The molecule has 4 amide bonds. The van der Waals surface area contributed by atoms with Crippen LogP contribution >= 0.6 is 0 Å². The second-order valence-corrected chi connectivity index (χ2v) is 17.2. The highest BCUT2D eigenvalue weighted by Gasteiger charge is 2.49. The zero-order valence-electron chi connectivity index (χ0n) is 35.0. The maximum Gasteiger partial charge on any atom is 0.407 e. The van der Waals surface area contributed by atoms with Crippen LogP contribution in [0.2, 0.25) is 0 Å². The number of aromatic amines is 2. The number of nitrogens with one attached hydrogen (secondary N) is 4. The van der Waals surface area contributed by atoms with Gasteiger partial charge in [0, 0.05) is 13.1 Å². The van der Waals surface area contributed by atoms with Crippen molar-refractivity contribution < 1.29 is 28.7 Å². The Kier molecular flexibility index (Phi) is 12.4. The van der Waals surface area contributed by atoms with E-state index in [1.165, 1.54) is 20.6 Å². The Bertz CT molecular complexity index is 2100. The fourth-order valence-corrected chi connectivity index (χ4v) is 9.26. The van der Waals surface area contributed by atoms with Gasteiger partial charge in [-0.25, -0.2) is 19.6 Å². The molecule has 14 nitrogen and oxygen atoms in total. The van der Waals surface area contributed by atoms with E-state index in [1.54, 1.807) is 0 Å². The normalized spacial score (nSPS) is 19.9. The number of likely N-dealkylation sites (tertiary alicyclic amines) is 2. The number of nitrogens with zero attached hydrogens (tertiary/aromatic N) is 4. The lowest BCUT2D eigenvalue weighted by atomic mass is 9.72. The third-order valence-corrected chi connectivity index (χ3v) is 12.6. The molecule has 314 valence electrons. The van der Waals surface area contributed by atoms with Crippen molar-refractivity contribution in [2.75, 3.05) is 27.3 Å². The summed E-state index contributed by atoms with van der Waals surface area (Å²) in [5.74, 6) is 1.04. The fourth-order valence-electron chi connectivity index (χ4n) is 9.26. The minimum Gasteiger partial charge on any atom is -0.453 e. The number of rotatable bonds is 11. The molecule has 7 rings (SSSR count). The van der Waals surface area contributed by atoms with Crippen LogP contribution in [0.4, 0.5) is 9.59 Å². The third kappa shape index (κ3) is 8.86. The maximum atomic E-state index is 14.1. The molecule has 2 aliphatic heterocycles. The predicted molar refractivity (Wildman–Crippen MR) is 224 cm³/mol. The molecular weight excluding hydrogens is 749 g/mol. The zero-order valence-corrected chi connectivity index (χ0v) is 35.0. The molecule has 4 heterocycles. The van der Waals surface area contributed by atoms with Crippen LogP contribution in [-0.2, 0) is 19.1 Å². The average Bonchev–Trinajstić information content (AvgIpc) is 4.08. The van der Waals surface area contributed by atoms with Gasteiger partial charge in [-0.2, -0.15) is 0 Å². The number of ether oxygens (including phenoxy) is 2. The zero-order chi connectivity index (χ0) is 41.8. The van der Waals surface area contributed by atoms with Gasteiger partial charge in [-0.15, -0.1) is 0 Å². The first-order valence-corrected chi connectivity index (χ1v) is 21.0. The molecule has 0 bridgehead atoms. The van der Waals surface area contributed by atoms with E-state index >= 15 is 0 Å². The molecule has 14 heteroatoms. The minimum atomic E-state index is -0.696. The van der Waals surface area contributed by atoms with Crippen molar-refractivity contribution >= 4 is 24.0 Å². The number of aromatic nitrogens is 4. The molecule has 3 fully saturated rings. The monoisotopic (exact) mass is 806 g/mol. The van der Waals surface area contributed by atoms with Crippen molar-refractivity contribution in [3.05, 3.63) is 72.6 Å². The Labute approximate surface area is 346 Å². The summed E-state index contributed by atoms with van der Waals surface area (Å²) >= 11 is 0. The van der Waals surface area contributed by atoms with E-state index < -0.39 is 24.3 Å². The summed E-state index contributed by atoms with van der Waals surface area (Å²) in [5.41, 5.74) is 5.89. The first-order chi connectivity index (χ1) is 28.4. The molecule has 2 aromatic carbocycles. The molecule has 1 spiro atoms. The first-order valence-electron chi connectivity index (χ1n) is 21.0. The van der Waals surface area contributed by atoms with E-state index in [0.29, 0.717) is 13.1 Å². The predicted octanol–water partition coefficient (Wildman–Crippen LogP) is 7.78. The molecule has 4 aromatic rings. The van der Waals surface area contributed by atoms with Crippen molar-refractivity contribution in [1.29, 1.82) is 0 Å². The van der Waals surface area contributed by atoms with Crippen LogP contribution in [0.1, 0.15) is 103 Å². The van der Waals surface area contributed by atoms with E-state index in [2.05, 4.69) is 74.1 Å². The quantitative estimate of drug-likeness (QED) is 0.119. The summed E-state index contributed by atoms with van der Waals surface area (Å²) in [4.78, 5) is 72.2. The van der Waals surface area contributed by atoms with Crippen molar-refractivity contribution in [3.8, 4) is 33.6 Å². The van der Waals surface area contributed by atoms with Crippen LogP contribution in [0.15, 0.2) is 60.9 Å². The Morgan fingerprint density at radius 2 is 1.12 bits per heavy atom. The van der Waals surface area contributed by atoms with Gasteiger partial charge in [0.05, 0.1) is 50.1 Å². The second-order valence-electron chi connectivity index (χ2n) is 17.2. The highest BCUT2D eigenvalue weighted by molar-refractivity contribution is 5.87. The highest BCUT2D eigenvalue weighted by atomic mass is 16.5. The number of alkyl carbamates (subject to hydrolysis) is 2. The van der Waals surface area contributed by atoms with E-state index in [9.17, 15) is 19.2 Å². The number of carbonyl (C=O) groups excluding carboxylic acids is 4. The summed E-state index contributed by atoms with van der Waals surface area (Å²) in [5, 5.41) is 5.48. The average molecular weight is 807 g/mol. The number of imidazole rings is 2. The van der Waals surface area contributed by atoms with Crippen LogP contribution < -0.4 is 10.6 Å². The van der Waals surface area contributed by atoms with Gasteiger partial charge in [0.15, 0.2) is 0 Å². The Balaban J connectivity index is 1.04. The molecule has 2 aromatic heterocycles. The molecule has 1 aliphatic carbocycles. The lowest BCUT2D eigenvalue weighted by Gasteiger charge is -2.34. The minimum absolute atomic E-state index is 0.0513. The third-order valence-electron chi connectivity index (χ3n) is 12.6. The maximum absolute atomic E-state index is 14.1. The molecule has 1 unspecified atom stereocenters. The molecule has 2 saturated heterocycles. The van der Waals surface area contributed by atoms with Crippen molar-refractivity contribution in [2.24, 2.45) is 17.3 Å². The largest absolute Gasteiger partial charge is 0.453 e. The smallest absolute Gasteiger partial charge is 0.407 e. The lowest BCUT2D eigenvalue weighted by Crippen LogP contribution is -2.51. The Morgan fingerprint density at radius 1 is 0.661 bits per heavy atom. The van der Waals surface area contributed by atoms with Gasteiger partial charge >= 0.3 is 12.2 Å². The first kappa shape index (κ1) is 41.5. The van der Waals surface area contributed by atoms with Gasteiger partial charge in [-0.05, 0) is 71.6 Å². The van der Waals surface area contributed by atoms with Crippen molar-refractivity contribution in [3.63, 3.8) is 0 Å². The standard InChI is InChI=1S/C45H58N8O6/c1-27(2)37(50-43(56)58-5)41(54)52-22-10-11-35(52)39-46-24-33(48-39)31-16-12-29(13-17-31)30-14-18-32(19-15-30)34-25-47-40(49-34)36-23-45(20-8-7-9-21-45)26-53(36)42(55)38(28(3)4)51-44(57)59-6/h12-19,24-25,27-28,35-38H,7-11,20-23,26H2,1-6H3,(H,46,48)(H,47,49)(H,50,56)(H,51,57)/t35-,36?,37-,38-/m0/s1. The number of methoxy groups -OCH3 is 2. The molecule has 4 atom stereocenters. The van der Waals surface area contributed by atoms with E-state index in [0.717, 1.165) is 90.2 Å². The summed E-state index contributed by atoms with van der Waals surface area (Å²) in [6, 6.07) is 14.8. The molecule has 4 N–H and O–H groups in total. The number of amides is 4. The second kappa shape index (κ2) is 17.7. The van der Waals surface area contributed by atoms with Gasteiger partial charge in [-0.1, -0.05) is 95.5 Å². The summed E-state index contributed by atoms with van der Waals surface area (Å²) < 4.78 is 9.63. The number of carbonyl (C=O) groups is 4. The SMILES string of the molecule is COC(=O)N[C@H](C(=O)N1CC2(CCCCC2)CC1c1ncc(-c2ccc(-c3ccc(-c4cnc([C@@H]5CCCN5C(=O)[C@@H](NC(=O)OC)C(C)C)[nH]4)cc3)cc2)[nH]1)C(C)C. The highest BCUT2D eigenvalue weighted by Crippen LogP contribution is 2.51. The van der Waals surface area contributed by atoms with Crippen LogP contribution in [0.3, 0.4) is 0 Å². The molecule has 3 aliphatic rings. The van der Waals surface area contributed by atoms with Gasteiger partial charge < -0.3 is 39.9 Å². The van der Waals surface area contributed by atoms with Gasteiger partial charge in [0.2, 0.25) is 11.8 Å². The molecule has 0 radical (unpaired) electrons. The van der Waals surface area contributed by atoms with E-state index in [4.69, 9.17) is 14.5 Å². The Hall–Kier alpha value is -5.66. The van der Waals surface area contributed by atoms with Crippen LogP contribution in [0, 0.1) is 17.3 Å². The molecule has 59 heavy (non-hydrogen) atoms. The summed E-state index contributed by atoms with van der Waals surface area (Å²) in [6.45, 7) is 8.93. The van der Waals surface area contributed by atoms with Crippen molar-refractivity contribution in [1.82, 2.24) is 40.4 Å². The molecule has 1 saturated carbocycles.